The van der Waals surface area contributed by atoms with Gasteiger partial charge in [0.2, 0.25) is 5.91 Å². The van der Waals surface area contributed by atoms with Gasteiger partial charge in [-0.15, -0.1) is 12.4 Å². The third-order valence-corrected chi connectivity index (χ3v) is 4.38. The molecule has 118 valence electrons. The molecule has 1 aromatic rings. The Morgan fingerprint density at radius 1 is 1.43 bits per heavy atom. The van der Waals surface area contributed by atoms with E-state index >= 15 is 0 Å². The van der Waals surface area contributed by atoms with E-state index in [0.29, 0.717) is 12.0 Å². The van der Waals surface area contributed by atoms with Gasteiger partial charge in [0.1, 0.15) is 0 Å². The number of carbonyl (C=O) groups excluding carboxylic acids is 1. The second kappa shape index (κ2) is 8.56. The lowest BCUT2D eigenvalue weighted by molar-refractivity contribution is -0.130. The molecular weight excluding hydrogens is 318 g/mol. The molecule has 0 bridgehead atoms. The van der Waals surface area contributed by atoms with Gasteiger partial charge in [-0.25, -0.2) is 8.78 Å². The zero-order chi connectivity index (χ0) is 14.5. The minimum Gasteiger partial charge on any atom is -0.341 e. The van der Waals surface area contributed by atoms with Gasteiger partial charge in [0.15, 0.2) is 11.6 Å². The highest BCUT2D eigenvalue weighted by atomic mass is 35.5. The van der Waals surface area contributed by atoms with Crippen LogP contribution in [0.3, 0.4) is 0 Å². The highest BCUT2D eigenvalue weighted by Gasteiger charge is 2.19. The molecule has 1 unspecified atom stereocenters. The molecular formula is C14H19ClF2N2OS. The summed E-state index contributed by atoms with van der Waals surface area (Å²) in [6.07, 6.45) is 0.438. The molecule has 2 rings (SSSR count). The van der Waals surface area contributed by atoms with Crippen molar-refractivity contribution < 1.29 is 13.6 Å². The first kappa shape index (κ1) is 18.2. The summed E-state index contributed by atoms with van der Waals surface area (Å²) in [4.78, 5) is 13.6. The first-order chi connectivity index (χ1) is 9.56. The van der Waals surface area contributed by atoms with Gasteiger partial charge in [-0.3, -0.25) is 4.79 Å². The Morgan fingerprint density at radius 3 is 2.81 bits per heavy atom. The summed E-state index contributed by atoms with van der Waals surface area (Å²) in [6, 6.07) is 3.92. The van der Waals surface area contributed by atoms with Gasteiger partial charge in [0.05, 0.1) is 0 Å². The maximum atomic E-state index is 13.1. The summed E-state index contributed by atoms with van der Waals surface area (Å²) in [5.74, 6) is 0.273. The second-order valence-electron chi connectivity index (χ2n) is 4.93. The number of benzene rings is 1. The van der Waals surface area contributed by atoms with Crippen LogP contribution in [-0.4, -0.2) is 41.9 Å². The third kappa shape index (κ3) is 5.45. The number of halogens is 3. The lowest BCUT2D eigenvalue weighted by atomic mass is 10.1. The molecule has 1 heterocycles. The predicted octanol–water partition coefficient (Wildman–Crippen LogP) is 2.44. The lowest BCUT2D eigenvalue weighted by Crippen LogP contribution is -2.41. The number of carbonyl (C=O) groups is 1. The summed E-state index contributed by atoms with van der Waals surface area (Å²) < 4.78 is 25.9. The minimum atomic E-state index is -0.881. The topological polar surface area (TPSA) is 32.3 Å². The van der Waals surface area contributed by atoms with Crippen LogP contribution in [0.25, 0.3) is 0 Å². The molecule has 1 aromatic carbocycles. The van der Waals surface area contributed by atoms with E-state index in [0.717, 1.165) is 30.2 Å². The van der Waals surface area contributed by atoms with Crippen molar-refractivity contribution in [3.05, 3.63) is 35.4 Å². The van der Waals surface area contributed by atoms with Crippen molar-refractivity contribution in [2.75, 3.05) is 25.1 Å². The van der Waals surface area contributed by atoms with E-state index in [1.807, 2.05) is 11.8 Å². The van der Waals surface area contributed by atoms with Crippen molar-refractivity contribution in [2.45, 2.75) is 19.0 Å². The van der Waals surface area contributed by atoms with Crippen molar-refractivity contribution in [1.29, 1.82) is 0 Å². The van der Waals surface area contributed by atoms with Crippen LogP contribution in [0, 0.1) is 11.6 Å². The van der Waals surface area contributed by atoms with Crippen LogP contribution in [0.1, 0.15) is 12.0 Å². The zero-order valence-corrected chi connectivity index (χ0v) is 13.4. The van der Waals surface area contributed by atoms with Crippen LogP contribution < -0.4 is 5.32 Å². The van der Waals surface area contributed by atoms with Gasteiger partial charge in [0, 0.05) is 44.1 Å². The second-order valence-corrected chi connectivity index (χ2v) is 6.08. The number of rotatable bonds is 4. The summed E-state index contributed by atoms with van der Waals surface area (Å²) in [5.41, 5.74) is 0.589. The highest BCUT2D eigenvalue weighted by Crippen LogP contribution is 2.13. The van der Waals surface area contributed by atoms with Gasteiger partial charge in [0.25, 0.3) is 0 Å². The third-order valence-electron chi connectivity index (χ3n) is 3.25. The summed E-state index contributed by atoms with van der Waals surface area (Å²) in [7, 11) is 1.68. The van der Waals surface area contributed by atoms with Crippen molar-refractivity contribution in [3.8, 4) is 0 Å². The lowest BCUT2D eigenvalue weighted by Gasteiger charge is -2.25. The van der Waals surface area contributed by atoms with Gasteiger partial charge < -0.3 is 10.2 Å². The van der Waals surface area contributed by atoms with Crippen LogP contribution in [0.5, 0.6) is 0 Å². The van der Waals surface area contributed by atoms with E-state index in [2.05, 4.69) is 5.32 Å². The van der Waals surface area contributed by atoms with E-state index in [4.69, 9.17) is 0 Å². The van der Waals surface area contributed by atoms with Crippen molar-refractivity contribution in [2.24, 2.45) is 0 Å². The molecule has 21 heavy (non-hydrogen) atoms. The van der Waals surface area contributed by atoms with Crippen LogP contribution >= 0.6 is 24.2 Å². The number of hydrogen-bond donors (Lipinski definition) is 1. The number of thioether (sulfide) groups is 1. The fourth-order valence-electron chi connectivity index (χ4n) is 2.12. The van der Waals surface area contributed by atoms with Gasteiger partial charge in [-0.2, -0.15) is 11.8 Å². The first-order valence-electron chi connectivity index (χ1n) is 6.55. The average molecular weight is 337 g/mol. The van der Waals surface area contributed by atoms with Gasteiger partial charge in [-0.05, 0) is 17.7 Å². The molecule has 0 aromatic heterocycles. The standard InChI is InChI=1S/C14H18F2N2OS.ClH/c1-18(8-10-2-3-12(15)13(16)6-10)14(19)7-11-9-20-5-4-17-11;/h2-3,6,11,17H,4-5,7-9H2,1H3;1H. The molecule has 1 saturated heterocycles. The minimum absolute atomic E-state index is 0. The Labute approximate surface area is 133 Å². The molecule has 1 fully saturated rings. The molecule has 1 atom stereocenters. The molecule has 0 radical (unpaired) electrons. The fourth-order valence-corrected chi connectivity index (χ4v) is 3.07. The summed E-state index contributed by atoms with van der Waals surface area (Å²) in [6.45, 7) is 1.21. The predicted molar refractivity (Wildman–Crippen MR) is 83.8 cm³/mol. The summed E-state index contributed by atoms with van der Waals surface area (Å²) >= 11 is 1.84. The van der Waals surface area contributed by atoms with E-state index in [9.17, 15) is 13.6 Å². The number of nitrogens with one attached hydrogen (secondary N) is 1. The van der Waals surface area contributed by atoms with Crippen molar-refractivity contribution >= 4 is 30.1 Å². The average Bonchev–Trinajstić information content (AvgIpc) is 2.44. The fraction of sp³-hybridized carbons (Fsp3) is 0.500. The molecule has 3 nitrogen and oxygen atoms in total. The largest absolute Gasteiger partial charge is 0.341 e. The van der Waals surface area contributed by atoms with E-state index in [1.54, 1.807) is 11.9 Å². The molecule has 1 aliphatic rings. The molecule has 0 spiro atoms. The van der Waals surface area contributed by atoms with Crippen LogP contribution in [-0.2, 0) is 11.3 Å². The number of nitrogens with zero attached hydrogens (tertiary/aromatic N) is 1. The molecule has 0 aliphatic carbocycles. The van der Waals surface area contributed by atoms with E-state index in [-0.39, 0.29) is 30.9 Å². The number of amides is 1. The quantitative estimate of drug-likeness (QED) is 0.916. The molecule has 1 N–H and O–H groups in total. The van der Waals surface area contributed by atoms with Crippen molar-refractivity contribution in [1.82, 2.24) is 10.2 Å². The van der Waals surface area contributed by atoms with Gasteiger partial charge >= 0.3 is 0 Å². The normalized spacial score (nSPS) is 18.0. The maximum absolute atomic E-state index is 13.1. The Balaban J connectivity index is 0.00000220. The zero-order valence-electron chi connectivity index (χ0n) is 11.8. The summed E-state index contributed by atoms with van der Waals surface area (Å²) in [5, 5.41) is 3.31. The van der Waals surface area contributed by atoms with Crippen LogP contribution in [0.4, 0.5) is 8.78 Å². The van der Waals surface area contributed by atoms with Crippen LogP contribution in [0.2, 0.25) is 0 Å². The molecule has 7 heteroatoms. The highest BCUT2D eigenvalue weighted by molar-refractivity contribution is 7.99. The molecule has 1 aliphatic heterocycles. The van der Waals surface area contributed by atoms with Crippen LogP contribution in [0.15, 0.2) is 18.2 Å². The first-order valence-corrected chi connectivity index (χ1v) is 7.71. The SMILES string of the molecule is CN(Cc1ccc(F)c(F)c1)C(=O)CC1CSCCN1.Cl. The monoisotopic (exact) mass is 336 g/mol. The Kier molecular flexibility index (Phi) is 7.42. The van der Waals surface area contributed by atoms with Gasteiger partial charge in [-0.1, -0.05) is 6.07 Å². The number of hydrogen-bond acceptors (Lipinski definition) is 3. The maximum Gasteiger partial charge on any atom is 0.224 e. The molecule has 0 saturated carbocycles. The Hall–Kier alpha value is -0.850. The van der Waals surface area contributed by atoms with E-state index in [1.165, 1.54) is 6.07 Å². The van der Waals surface area contributed by atoms with E-state index < -0.39 is 11.6 Å². The van der Waals surface area contributed by atoms with Crippen molar-refractivity contribution in [3.63, 3.8) is 0 Å². The Bertz CT molecular complexity index is 484. The Morgan fingerprint density at radius 2 is 2.19 bits per heavy atom. The smallest absolute Gasteiger partial charge is 0.224 e. The molecule has 1 amide bonds.